The fourth-order valence-corrected chi connectivity index (χ4v) is 4.02. The Kier molecular flexibility index (Phi) is 8.16. The molecule has 9 nitrogen and oxygen atoms in total. The Morgan fingerprint density at radius 1 is 1.23 bits per heavy atom. The monoisotopic (exact) mass is 444 g/mol. The number of rotatable bonds is 9. The third-order valence-corrected chi connectivity index (χ3v) is 6.28. The van der Waals surface area contributed by atoms with Crippen LogP contribution in [-0.4, -0.2) is 75.5 Å². The van der Waals surface area contributed by atoms with E-state index in [0.717, 1.165) is 18.3 Å². The molecule has 1 aliphatic heterocycles. The average Bonchev–Trinajstić information content (AvgIpc) is 3.16. The third-order valence-electron chi connectivity index (χ3n) is 4.73. The molecule has 1 aromatic carbocycles. The zero-order valence-corrected chi connectivity index (χ0v) is 17.6. The molecule has 0 radical (unpaired) electrons. The lowest BCUT2D eigenvalue weighted by Gasteiger charge is -2.22. The van der Waals surface area contributed by atoms with Crippen LogP contribution in [0.4, 0.5) is 4.39 Å². The summed E-state index contributed by atoms with van der Waals surface area (Å²) in [5, 5.41) is 1.60. The molecule has 166 valence electrons. The number of hydrogen-bond donors (Lipinski definition) is 1. The minimum Gasteiger partial charge on any atom is -0.494 e. The Labute approximate surface area is 174 Å². The van der Waals surface area contributed by atoms with Crippen LogP contribution in [-0.2, 0) is 29.0 Å². The van der Waals surface area contributed by atoms with Crippen LogP contribution in [0.5, 0.6) is 5.75 Å². The number of halogens is 1. The van der Waals surface area contributed by atoms with Gasteiger partial charge in [0.25, 0.3) is 0 Å². The van der Waals surface area contributed by atoms with Crippen molar-refractivity contribution in [3.8, 4) is 5.75 Å². The third kappa shape index (κ3) is 6.68. The van der Waals surface area contributed by atoms with Crippen molar-refractivity contribution in [2.24, 2.45) is 0 Å². The molecule has 1 heterocycles. The second-order valence-electron chi connectivity index (χ2n) is 6.95. The number of esters is 1. The number of sulfone groups is 1. The summed E-state index contributed by atoms with van der Waals surface area (Å²) in [4.78, 5) is 37.4. The Balaban J connectivity index is 1.78. The molecule has 1 aliphatic rings. The SMILES string of the molecule is COC(=O)[C@@H]1C[C@@H](S(C)(=O)=O)CN1C(=O)CNC(=O)CCCOc1ccc(F)cc1. The van der Waals surface area contributed by atoms with E-state index in [9.17, 15) is 27.2 Å². The van der Waals surface area contributed by atoms with E-state index >= 15 is 0 Å². The van der Waals surface area contributed by atoms with Crippen LogP contribution >= 0.6 is 0 Å². The maximum absolute atomic E-state index is 12.8. The number of methoxy groups -OCH3 is 1. The smallest absolute Gasteiger partial charge is 0.328 e. The van der Waals surface area contributed by atoms with E-state index in [1.165, 1.54) is 24.3 Å². The van der Waals surface area contributed by atoms with E-state index in [4.69, 9.17) is 4.74 Å². The molecule has 2 rings (SSSR count). The van der Waals surface area contributed by atoms with Crippen LogP contribution in [0.2, 0.25) is 0 Å². The van der Waals surface area contributed by atoms with Crippen LogP contribution < -0.4 is 10.1 Å². The molecule has 0 aromatic heterocycles. The summed E-state index contributed by atoms with van der Waals surface area (Å²) >= 11 is 0. The molecule has 0 spiro atoms. The van der Waals surface area contributed by atoms with Crippen LogP contribution in [0.1, 0.15) is 19.3 Å². The number of ether oxygens (including phenoxy) is 2. The van der Waals surface area contributed by atoms with Crippen LogP contribution in [0.25, 0.3) is 0 Å². The summed E-state index contributed by atoms with van der Waals surface area (Å²) in [6.07, 6.45) is 1.49. The fraction of sp³-hybridized carbons (Fsp3) is 0.526. The van der Waals surface area contributed by atoms with E-state index in [0.29, 0.717) is 12.2 Å². The van der Waals surface area contributed by atoms with Crippen LogP contribution in [0.15, 0.2) is 24.3 Å². The molecule has 1 N–H and O–H groups in total. The topological polar surface area (TPSA) is 119 Å². The van der Waals surface area contributed by atoms with Crippen molar-refractivity contribution in [3.63, 3.8) is 0 Å². The van der Waals surface area contributed by atoms with Gasteiger partial charge in [-0.1, -0.05) is 0 Å². The van der Waals surface area contributed by atoms with Crippen molar-refractivity contribution < 1.29 is 36.7 Å². The molecular formula is C19H25FN2O7S. The number of likely N-dealkylation sites (tertiary alicyclic amines) is 1. The predicted molar refractivity (Wildman–Crippen MR) is 105 cm³/mol. The first-order valence-corrected chi connectivity index (χ1v) is 11.3. The standard InChI is InChI=1S/C19H25FN2O7S/c1-28-19(25)16-10-15(30(2,26)27)12-22(16)18(24)11-21-17(23)4-3-9-29-14-7-5-13(20)6-8-14/h5-8,15-16H,3-4,9-12H2,1-2H3,(H,21,23)/t15-,16+/m1/s1. The Hall–Kier alpha value is -2.69. The van der Waals surface area contributed by atoms with Crippen molar-refractivity contribution in [1.82, 2.24) is 10.2 Å². The van der Waals surface area contributed by atoms with Gasteiger partial charge in [0.15, 0.2) is 9.84 Å². The van der Waals surface area contributed by atoms with E-state index in [-0.39, 0.29) is 44.3 Å². The fourth-order valence-electron chi connectivity index (χ4n) is 3.06. The van der Waals surface area contributed by atoms with Gasteiger partial charge in [0.2, 0.25) is 11.8 Å². The van der Waals surface area contributed by atoms with Gasteiger partial charge in [-0.2, -0.15) is 0 Å². The number of hydrogen-bond acceptors (Lipinski definition) is 7. The number of amides is 2. The summed E-state index contributed by atoms with van der Waals surface area (Å²) in [6, 6.07) is 4.49. The van der Waals surface area contributed by atoms with Crippen molar-refractivity contribution in [2.75, 3.05) is 33.1 Å². The van der Waals surface area contributed by atoms with E-state index in [1.807, 2.05) is 0 Å². The summed E-state index contributed by atoms with van der Waals surface area (Å²) in [5.74, 6) is -1.54. The molecule has 30 heavy (non-hydrogen) atoms. The van der Waals surface area contributed by atoms with E-state index in [1.54, 1.807) is 0 Å². The first kappa shape index (κ1) is 23.6. The lowest BCUT2D eigenvalue weighted by molar-refractivity contribution is -0.150. The molecule has 1 aromatic rings. The highest BCUT2D eigenvalue weighted by Crippen LogP contribution is 2.24. The number of nitrogens with one attached hydrogen (secondary N) is 1. The lowest BCUT2D eigenvalue weighted by Crippen LogP contribution is -2.46. The van der Waals surface area contributed by atoms with Gasteiger partial charge in [0.05, 0.1) is 25.5 Å². The number of benzene rings is 1. The van der Waals surface area contributed by atoms with Crippen molar-refractivity contribution in [3.05, 3.63) is 30.1 Å². The summed E-state index contributed by atoms with van der Waals surface area (Å²) < 4.78 is 46.5. The van der Waals surface area contributed by atoms with Crippen molar-refractivity contribution >= 4 is 27.6 Å². The van der Waals surface area contributed by atoms with Crippen molar-refractivity contribution in [2.45, 2.75) is 30.6 Å². The van der Waals surface area contributed by atoms with Crippen LogP contribution in [0, 0.1) is 5.82 Å². The van der Waals surface area contributed by atoms with Crippen molar-refractivity contribution in [1.29, 1.82) is 0 Å². The molecule has 11 heteroatoms. The zero-order chi connectivity index (χ0) is 22.3. The van der Waals surface area contributed by atoms with Gasteiger partial charge in [0.1, 0.15) is 17.6 Å². The molecule has 0 bridgehead atoms. The first-order valence-electron chi connectivity index (χ1n) is 9.33. The normalized spacial score (nSPS) is 18.7. The molecule has 0 unspecified atom stereocenters. The second-order valence-corrected chi connectivity index (χ2v) is 9.28. The molecule has 0 saturated carbocycles. The molecule has 1 saturated heterocycles. The maximum Gasteiger partial charge on any atom is 0.328 e. The second kappa shape index (κ2) is 10.4. The average molecular weight is 444 g/mol. The van der Waals surface area contributed by atoms with Gasteiger partial charge >= 0.3 is 5.97 Å². The minimum atomic E-state index is -3.44. The molecule has 1 fully saturated rings. The van der Waals surface area contributed by atoms with E-state index in [2.05, 4.69) is 10.1 Å². The Morgan fingerprint density at radius 2 is 1.90 bits per heavy atom. The van der Waals surface area contributed by atoms with Gasteiger partial charge in [-0.25, -0.2) is 17.6 Å². The van der Waals surface area contributed by atoms with Crippen LogP contribution in [0.3, 0.4) is 0 Å². The number of carbonyl (C=O) groups is 3. The zero-order valence-electron chi connectivity index (χ0n) is 16.8. The summed E-state index contributed by atoms with van der Waals surface area (Å²) in [6.45, 7) is -0.250. The Morgan fingerprint density at radius 3 is 2.50 bits per heavy atom. The predicted octanol–water partition coefficient (Wildman–Crippen LogP) is 0.288. The lowest BCUT2D eigenvalue weighted by atomic mass is 10.2. The summed E-state index contributed by atoms with van der Waals surface area (Å²) in [7, 11) is -2.28. The van der Waals surface area contributed by atoms with Gasteiger partial charge in [-0.05, 0) is 37.1 Å². The maximum atomic E-state index is 12.8. The van der Waals surface area contributed by atoms with E-state index < -0.39 is 33.0 Å². The Bertz CT molecular complexity index is 873. The highest BCUT2D eigenvalue weighted by atomic mass is 32.2. The number of carbonyl (C=O) groups excluding carboxylic acids is 3. The van der Waals surface area contributed by atoms with Gasteiger partial charge in [0, 0.05) is 19.2 Å². The first-order chi connectivity index (χ1) is 14.1. The molecule has 0 aliphatic carbocycles. The van der Waals surface area contributed by atoms with Gasteiger partial charge in [-0.15, -0.1) is 0 Å². The highest BCUT2D eigenvalue weighted by Gasteiger charge is 2.43. The highest BCUT2D eigenvalue weighted by molar-refractivity contribution is 7.91. The molecular weight excluding hydrogens is 419 g/mol. The molecule has 2 atom stereocenters. The molecule has 2 amide bonds. The largest absolute Gasteiger partial charge is 0.494 e. The quantitative estimate of drug-likeness (QED) is 0.429. The summed E-state index contributed by atoms with van der Waals surface area (Å²) in [5.41, 5.74) is 0. The van der Waals surface area contributed by atoms with Gasteiger partial charge in [-0.3, -0.25) is 9.59 Å². The van der Waals surface area contributed by atoms with Gasteiger partial charge < -0.3 is 19.7 Å². The number of nitrogens with zero attached hydrogens (tertiary/aromatic N) is 1. The minimum absolute atomic E-state index is 0.0358.